The molecule has 1 aromatic heterocycles. The van der Waals surface area contributed by atoms with Gasteiger partial charge in [-0.05, 0) is 31.0 Å². The number of ether oxygens (including phenoxy) is 1. The molecule has 0 atom stereocenters. The van der Waals surface area contributed by atoms with Crippen LogP contribution in [-0.4, -0.2) is 31.3 Å². The van der Waals surface area contributed by atoms with Crippen LogP contribution in [0.5, 0.6) is 0 Å². The number of pyridine rings is 1. The van der Waals surface area contributed by atoms with Gasteiger partial charge in [-0.1, -0.05) is 15.9 Å². The van der Waals surface area contributed by atoms with Crippen molar-refractivity contribution in [1.82, 2.24) is 4.98 Å². The third kappa shape index (κ3) is 3.45. The van der Waals surface area contributed by atoms with Gasteiger partial charge in [0.1, 0.15) is 0 Å². The number of piperidine rings is 1. The molecule has 1 fully saturated rings. The minimum Gasteiger partial charge on any atom is -0.381 e. The predicted molar refractivity (Wildman–Crippen MR) is 86.7 cm³/mol. The van der Waals surface area contributed by atoms with E-state index in [9.17, 15) is 13.2 Å². The van der Waals surface area contributed by atoms with E-state index >= 15 is 0 Å². The molecule has 1 aliphatic rings. The third-order valence-electron chi connectivity index (χ3n) is 4.20. The molecule has 7 heteroatoms. The van der Waals surface area contributed by atoms with Gasteiger partial charge in [0, 0.05) is 30.1 Å². The summed E-state index contributed by atoms with van der Waals surface area (Å²) >= 11 is 3.24. The van der Waals surface area contributed by atoms with Gasteiger partial charge in [0.25, 0.3) is 0 Å². The highest BCUT2D eigenvalue weighted by Gasteiger charge is 2.31. The Morgan fingerprint density at radius 2 is 1.91 bits per heavy atom. The molecule has 124 valence electrons. The molecular weight excluding hydrogens is 373 g/mol. The Kier molecular flexibility index (Phi) is 4.51. The summed E-state index contributed by atoms with van der Waals surface area (Å²) in [7, 11) is 1.72. The molecule has 0 amide bonds. The first-order valence-corrected chi connectivity index (χ1v) is 8.12. The smallest absolute Gasteiger partial charge is 0.381 e. The summed E-state index contributed by atoms with van der Waals surface area (Å²) in [6.45, 7) is 1.70. The Labute approximate surface area is 140 Å². The third-order valence-corrected chi connectivity index (χ3v) is 4.86. The molecule has 3 rings (SSSR count). The van der Waals surface area contributed by atoms with Gasteiger partial charge in [-0.2, -0.15) is 13.2 Å². The second-order valence-electron chi connectivity index (χ2n) is 5.64. The summed E-state index contributed by atoms with van der Waals surface area (Å²) < 4.78 is 44.4. The Hall–Kier alpha value is -1.34. The fraction of sp³-hybridized carbons (Fsp3) is 0.438. The maximum Gasteiger partial charge on any atom is 0.416 e. The van der Waals surface area contributed by atoms with Crippen LogP contribution >= 0.6 is 15.9 Å². The highest BCUT2D eigenvalue weighted by Crippen LogP contribution is 2.36. The first-order chi connectivity index (χ1) is 10.9. The molecule has 2 heterocycles. The summed E-state index contributed by atoms with van der Waals surface area (Å²) in [4.78, 5) is 6.41. The number of aromatic nitrogens is 1. The number of alkyl halides is 3. The number of rotatable bonds is 2. The number of benzene rings is 1. The molecule has 2 aromatic rings. The lowest BCUT2D eigenvalue weighted by molar-refractivity contribution is -0.137. The van der Waals surface area contributed by atoms with Crippen LogP contribution in [0.3, 0.4) is 0 Å². The fourth-order valence-electron chi connectivity index (χ4n) is 2.86. The Bertz CT molecular complexity index is 712. The summed E-state index contributed by atoms with van der Waals surface area (Å²) in [5, 5.41) is 0.685. The number of hydrogen-bond donors (Lipinski definition) is 0. The van der Waals surface area contributed by atoms with Gasteiger partial charge in [0.05, 0.1) is 29.1 Å². The molecule has 1 aliphatic heterocycles. The second-order valence-corrected chi connectivity index (χ2v) is 6.49. The molecule has 0 aliphatic carbocycles. The molecule has 3 nitrogen and oxygen atoms in total. The van der Waals surface area contributed by atoms with E-state index in [0.717, 1.165) is 43.8 Å². The van der Waals surface area contributed by atoms with E-state index in [-0.39, 0.29) is 6.10 Å². The minimum absolute atomic E-state index is 0.278. The zero-order chi connectivity index (χ0) is 16.6. The molecule has 0 bridgehead atoms. The molecular formula is C16H16BrF3N2O. The van der Waals surface area contributed by atoms with Crippen LogP contribution in [0.15, 0.2) is 28.9 Å². The van der Waals surface area contributed by atoms with Gasteiger partial charge < -0.3 is 9.64 Å². The Morgan fingerprint density at radius 3 is 2.52 bits per heavy atom. The van der Waals surface area contributed by atoms with Crippen molar-refractivity contribution in [2.45, 2.75) is 25.1 Å². The van der Waals surface area contributed by atoms with Crippen molar-refractivity contribution in [3.8, 4) is 0 Å². The van der Waals surface area contributed by atoms with Crippen LogP contribution < -0.4 is 4.90 Å². The lowest BCUT2D eigenvalue weighted by Gasteiger charge is -2.32. The summed E-state index contributed by atoms with van der Waals surface area (Å²) in [5.41, 5.74) is 0.563. The standard InChI is InChI=1S/C16H16BrF3N2O/c1-23-12-2-4-22(5-3-12)11-8-13-14(17)6-10(16(18,19)20)7-15(13)21-9-11/h6-9,12H,2-5H2,1H3. The summed E-state index contributed by atoms with van der Waals surface area (Å²) in [6.07, 6.45) is -0.590. The van der Waals surface area contributed by atoms with Crippen LogP contribution in [0.1, 0.15) is 18.4 Å². The molecule has 1 saturated heterocycles. The molecule has 1 aromatic carbocycles. The molecule has 0 unspecified atom stereocenters. The van der Waals surface area contributed by atoms with Gasteiger partial charge in [0.15, 0.2) is 0 Å². The number of hydrogen-bond acceptors (Lipinski definition) is 3. The molecule has 0 spiro atoms. The monoisotopic (exact) mass is 388 g/mol. The van der Waals surface area contributed by atoms with Crippen LogP contribution in [0.2, 0.25) is 0 Å². The second kappa shape index (κ2) is 6.28. The Balaban J connectivity index is 1.92. The van der Waals surface area contributed by atoms with Gasteiger partial charge in [-0.25, -0.2) is 0 Å². The van der Waals surface area contributed by atoms with Crippen molar-refractivity contribution in [2.24, 2.45) is 0 Å². The topological polar surface area (TPSA) is 25.4 Å². The SMILES string of the molecule is COC1CCN(c2cnc3cc(C(F)(F)F)cc(Br)c3c2)CC1. The van der Waals surface area contributed by atoms with E-state index in [1.165, 1.54) is 0 Å². The van der Waals surface area contributed by atoms with E-state index in [0.29, 0.717) is 15.4 Å². The lowest BCUT2D eigenvalue weighted by atomic mass is 10.1. The minimum atomic E-state index is -4.38. The highest BCUT2D eigenvalue weighted by molar-refractivity contribution is 9.10. The van der Waals surface area contributed by atoms with Gasteiger partial charge >= 0.3 is 6.18 Å². The largest absolute Gasteiger partial charge is 0.416 e. The number of anilines is 1. The Morgan fingerprint density at radius 1 is 1.22 bits per heavy atom. The summed E-state index contributed by atoms with van der Waals surface area (Å²) in [5.74, 6) is 0. The van der Waals surface area contributed by atoms with Crippen LogP contribution in [0, 0.1) is 0 Å². The van der Waals surface area contributed by atoms with Crippen molar-refractivity contribution >= 4 is 32.5 Å². The van der Waals surface area contributed by atoms with Crippen molar-refractivity contribution in [3.63, 3.8) is 0 Å². The van der Waals surface area contributed by atoms with E-state index in [2.05, 4.69) is 25.8 Å². The van der Waals surface area contributed by atoms with Gasteiger partial charge in [0.2, 0.25) is 0 Å². The highest BCUT2D eigenvalue weighted by atomic mass is 79.9. The normalized spacial score (nSPS) is 17.0. The zero-order valence-corrected chi connectivity index (χ0v) is 14.1. The van der Waals surface area contributed by atoms with Crippen molar-refractivity contribution < 1.29 is 17.9 Å². The van der Waals surface area contributed by atoms with Crippen molar-refractivity contribution in [3.05, 3.63) is 34.4 Å². The van der Waals surface area contributed by atoms with E-state index in [4.69, 9.17) is 4.74 Å². The maximum atomic E-state index is 12.9. The average molecular weight is 389 g/mol. The van der Waals surface area contributed by atoms with Crippen molar-refractivity contribution in [2.75, 3.05) is 25.1 Å². The first-order valence-electron chi connectivity index (χ1n) is 7.32. The van der Waals surface area contributed by atoms with Crippen molar-refractivity contribution in [1.29, 1.82) is 0 Å². The maximum absolute atomic E-state index is 12.9. The average Bonchev–Trinajstić information content (AvgIpc) is 2.54. The fourth-order valence-corrected chi connectivity index (χ4v) is 3.42. The van der Waals surface area contributed by atoms with E-state index in [1.54, 1.807) is 13.3 Å². The summed E-state index contributed by atoms with van der Waals surface area (Å²) in [6, 6.07) is 4.08. The van der Waals surface area contributed by atoms with E-state index in [1.807, 2.05) is 6.07 Å². The number of nitrogens with zero attached hydrogens (tertiary/aromatic N) is 2. The first kappa shape index (κ1) is 16.5. The number of fused-ring (bicyclic) bond motifs is 1. The predicted octanol–water partition coefficient (Wildman–Crippen LogP) is 4.63. The molecule has 0 radical (unpaired) electrons. The van der Waals surface area contributed by atoms with Crippen LogP contribution in [0.4, 0.5) is 18.9 Å². The number of methoxy groups -OCH3 is 1. The van der Waals surface area contributed by atoms with E-state index < -0.39 is 11.7 Å². The number of halogens is 4. The molecule has 0 saturated carbocycles. The zero-order valence-electron chi connectivity index (χ0n) is 12.5. The van der Waals surface area contributed by atoms with Gasteiger partial charge in [-0.15, -0.1) is 0 Å². The molecule has 23 heavy (non-hydrogen) atoms. The van der Waals surface area contributed by atoms with Crippen LogP contribution in [-0.2, 0) is 10.9 Å². The molecule has 0 N–H and O–H groups in total. The van der Waals surface area contributed by atoms with Gasteiger partial charge in [-0.3, -0.25) is 4.98 Å². The quantitative estimate of drug-likeness (QED) is 0.749. The van der Waals surface area contributed by atoms with Crippen LogP contribution in [0.25, 0.3) is 10.9 Å². The lowest BCUT2D eigenvalue weighted by Crippen LogP contribution is -2.36.